The molecule has 1 amide bonds. The Bertz CT molecular complexity index is 742. The Morgan fingerprint density at radius 3 is 2.81 bits per heavy atom. The third-order valence-electron chi connectivity index (χ3n) is 5.46. The van der Waals surface area contributed by atoms with Gasteiger partial charge in [-0.1, -0.05) is 30.3 Å². The minimum atomic E-state index is 0. The minimum Gasteiger partial charge on any atom is -0.375 e. The lowest BCUT2D eigenvalue weighted by Crippen LogP contribution is -2.36. The van der Waals surface area contributed by atoms with Gasteiger partial charge in [0.1, 0.15) is 5.69 Å². The zero-order valence-electron chi connectivity index (χ0n) is 14.4. The molecule has 2 saturated heterocycles. The topological polar surface area (TPSA) is 71.2 Å². The van der Waals surface area contributed by atoms with Gasteiger partial charge >= 0.3 is 0 Å². The predicted molar refractivity (Wildman–Crippen MR) is 110 cm³/mol. The molecule has 4 rings (SSSR count). The Balaban J connectivity index is 0.00000121. The van der Waals surface area contributed by atoms with Crippen LogP contribution in [0.2, 0.25) is 0 Å². The van der Waals surface area contributed by atoms with Crippen molar-refractivity contribution in [3.63, 3.8) is 0 Å². The molecule has 26 heavy (non-hydrogen) atoms. The second kappa shape index (κ2) is 8.57. The first-order chi connectivity index (χ1) is 11.7. The second-order valence-corrected chi connectivity index (χ2v) is 7.82. The summed E-state index contributed by atoms with van der Waals surface area (Å²) in [5, 5.41) is 5.75. The van der Waals surface area contributed by atoms with Gasteiger partial charge in [-0.2, -0.15) is 0 Å². The van der Waals surface area contributed by atoms with Crippen LogP contribution < -0.4 is 11.1 Å². The molecule has 3 N–H and O–H groups in total. The number of carbonyl (C=O) groups excluding carboxylic acids is 1. The number of anilines is 1. The maximum atomic E-state index is 12.7. The average Bonchev–Trinajstić information content (AvgIpc) is 3.27. The molecule has 0 radical (unpaired) electrons. The first-order valence-corrected chi connectivity index (χ1v) is 9.29. The Kier molecular flexibility index (Phi) is 6.91. The average molecular weight is 415 g/mol. The zero-order valence-corrected chi connectivity index (χ0v) is 16.8. The molecule has 2 aromatic rings. The number of carbonyl (C=O) groups is 1. The van der Waals surface area contributed by atoms with Gasteiger partial charge in [-0.05, 0) is 24.3 Å². The predicted octanol–water partition coefficient (Wildman–Crippen LogP) is 2.86. The molecule has 2 atom stereocenters. The first-order valence-electron chi connectivity index (χ1n) is 8.41. The van der Waals surface area contributed by atoms with Gasteiger partial charge in [0.25, 0.3) is 5.91 Å². The number of hydrogen-bond acceptors (Lipinski definition) is 5. The van der Waals surface area contributed by atoms with Gasteiger partial charge in [-0.15, -0.1) is 36.2 Å². The molecule has 0 spiro atoms. The number of nitrogens with zero attached hydrogens (tertiary/aromatic N) is 2. The maximum Gasteiger partial charge on any atom is 0.273 e. The number of amides is 1. The Labute approximate surface area is 170 Å². The normalized spacial score (nSPS) is 23.8. The molecule has 2 aliphatic rings. The van der Waals surface area contributed by atoms with E-state index in [1.165, 1.54) is 16.9 Å². The molecule has 0 bridgehead atoms. The van der Waals surface area contributed by atoms with Crippen molar-refractivity contribution in [1.29, 1.82) is 0 Å². The van der Waals surface area contributed by atoms with E-state index in [4.69, 9.17) is 5.73 Å². The highest BCUT2D eigenvalue weighted by atomic mass is 35.5. The number of thiazole rings is 1. The molecule has 0 saturated carbocycles. The van der Waals surface area contributed by atoms with Gasteiger partial charge in [-0.25, -0.2) is 4.98 Å². The van der Waals surface area contributed by atoms with Crippen molar-refractivity contribution in [3.05, 3.63) is 47.0 Å². The van der Waals surface area contributed by atoms with Gasteiger partial charge < -0.3 is 16.0 Å². The van der Waals surface area contributed by atoms with E-state index in [1.807, 2.05) is 4.90 Å². The minimum absolute atomic E-state index is 0. The van der Waals surface area contributed by atoms with Gasteiger partial charge in [0.2, 0.25) is 0 Å². The number of benzene rings is 1. The van der Waals surface area contributed by atoms with Gasteiger partial charge in [0.05, 0.1) is 0 Å². The summed E-state index contributed by atoms with van der Waals surface area (Å²) in [5.41, 5.74) is 7.72. The SMILES string of the molecule is Cl.Cl.Nc1nc(C(=O)N2CC3CNCC3(CCc3ccccc3)C2)cs1. The summed E-state index contributed by atoms with van der Waals surface area (Å²) in [7, 11) is 0. The molecule has 2 fully saturated rings. The fourth-order valence-corrected chi connectivity index (χ4v) is 4.66. The number of nitrogen functional groups attached to an aromatic ring is 1. The highest BCUT2D eigenvalue weighted by molar-refractivity contribution is 7.13. The van der Waals surface area contributed by atoms with E-state index in [0.717, 1.165) is 39.0 Å². The molecule has 2 unspecified atom stereocenters. The number of rotatable bonds is 4. The molecule has 1 aromatic carbocycles. The highest BCUT2D eigenvalue weighted by Gasteiger charge is 2.50. The molecule has 2 aliphatic heterocycles. The van der Waals surface area contributed by atoms with E-state index >= 15 is 0 Å². The first kappa shape index (κ1) is 21.0. The quantitative estimate of drug-likeness (QED) is 0.806. The van der Waals surface area contributed by atoms with Crippen molar-refractivity contribution in [2.75, 3.05) is 31.9 Å². The molecule has 142 valence electrons. The van der Waals surface area contributed by atoms with E-state index in [2.05, 4.69) is 40.6 Å². The fourth-order valence-electron chi connectivity index (χ4n) is 4.12. The van der Waals surface area contributed by atoms with Crippen LogP contribution in [0.5, 0.6) is 0 Å². The van der Waals surface area contributed by atoms with E-state index in [1.54, 1.807) is 5.38 Å². The summed E-state index contributed by atoms with van der Waals surface area (Å²) in [6.07, 6.45) is 2.17. The van der Waals surface area contributed by atoms with Crippen LogP contribution in [0.25, 0.3) is 0 Å². The molecular weight excluding hydrogens is 391 g/mol. The van der Waals surface area contributed by atoms with Crippen molar-refractivity contribution in [1.82, 2.24) is 15.2 Å². The van der Waals surface area contributed by atoms with E-state index in [9.17, 15) is 4.79 Å². The van der Waals surface area contributed by atoms with Crippen LogP contribution in [0.4, 0.5) is 5.13 Å². The highest BCUT2D eigenvalue weighted by Crippen LogP contribution is 2.43. The summed E-state index contributed by atoms with van der Waals surface area (Å²) < 4.78 is 0. The molecular formula is C18H24Cl2N4OS. The van der Waals surface area contributed by atoms with Gasteiger partial charge in [0, 0.05) is 37.0 Å². The number of halogens is 2. The molecule has 1 aromatic heterocycles. The summed E-state index contributed by atoms with van der Waals surface area (Å²) in [4.78, 5) is 18.8. The monoisotopic (exact) mass is 414 g/mol. The second-order valence-electron chi connectivity index (χ2n) is 6.93. The van der Waals surface area contributed by atoms with Crippen LogP contribution in [-0.2, 0) is 6.42 Å². The molecule has 0 aliphatic carbocycles. The van der Waals surface area contributed by atoms with Crippen molar-refractivity contribution in [2.45, 2.75) is 12.8 Å². The van der Waals surface area contributed by atoms with Crippen LogP contribution in [0.15, 0.2) is 35.7 Å². The van der Waals surface area contributed by atoms with Crippen LogP contribution in [0.1, 0.15) is 22.5 Å². The molecule has 5 nitrogen and oxygen atoms in total. The standard InChI is InChI=1S/C18H22N4OS.2ClH/c19-17-21-15(10-24-17)16(23)22-9-14-8-20-11-18(14,12-22)7-6-13-4-2-1-3-5-13;;/h1-5,10,14,20H,6-9,11-12H2,(H2,19,21);2*1H. The lowest BCUT2D eigenvalue weighted by Gasteiger charge is -2.28. The fraction of sp³-hybridized carbons (Fsp3) is 0.444. The van der Waals surface area contributed by atoms with Crippen molar-refractivity contribution in [2.24, 2.45) is 11.3 Å². The van der Waals surface area contributed by atoms with Gasteiger partial charge in [0.15, 0.2) is 5.13 Å². The van der Waals surface area contributed by atoms with Crippen LogP contribution in [-0.4, -0.2) is 42.0 Å². The number of nitrogens with one attached hydrogen (secondary N) is 1. The summed E-state index contributed by atoms with van der Waals surface area (Å²) >= 11 is 1.33. The summed E-state index contributed by atoms with van der Waals surface area (Å²) in [5.74, 6) is 0.553. The van der Waals surface area contributed by atoms with Gasteiger partial charge in [-0.3, -0.25) is 4.79 Å². The Morgan fingerprint density at radius 2 is 2.12 bits per heavy atom. The Morgan fingerprint density at radius 1 is 1.35 bits per heavy atom. The number of likely N-dealkylation sites (tertiary alicyclic amines) is 1. The summed E-state index contributed by atoms with van der Waals surface area (Å²) in [6, 6.07) is 10.6. The smallest absolute Gasteiger partial charge is 0.273 e. The van der Waals surface area contributed by atoms with Crippen LogP contribution in [0, 0.1) is 11.3 Å². The number of aromatic nitrogens is 1. The lowest BCUT2D eigenvalue weighted by molar-refractivity contribution is 0.0764. The van der Waals surface area contributed by atoms with E-state index < -0.39 is 0 Å². The van der Waals surface area contributed by atoms with Crippen LogP contribution >= 0.6 is 36.2 Å². The number of fused-ring (bicyclic) bond motifs is 1. The number of aryl methyl sites for hydroxylation is 1. The maximum absolute atomic E-state index is 12.7. The van der Waals surface area contributed by atoms with E-state index in [0.29, 0.717) is 16.7 Å². The van der Waals surface area contributed by atoms with Crippen molar-refractivity contribution >= 4 is 47.2 Å². The largest absolute Gasteiger partial charge is 0.375 e. The zero-order chi connectivity index (χ0) is 16.6. The van der Waals surface area contributed by atoms with Crippen molar-refractivity contribution < 1.29 is 4.79 Å². The van der Waals surface area contributed by atoms with Crippen LogP contribution in [0.3, 0.4) is 0 Å². The Hall–Kier alpha value is -1.34. The molecule has 8 heteroatoms. The lowest BCUT2D eigenvalue weighted by atomic mass is 9.76. The third-order valence-corrected chi connectivity index (χ3v) is 6.14. The summed E-state index contributed by atoms with van der Waals surface area (Å²) in [6.45, 7) is 3.62. The number of nitrogens with two attached hydrogens (primary N) is 1. The number of hydrogen-bond donors (Lipinski definition) is 2. The van der Waals surface area contributed by atoms with Crippen molar-refractivity contribution in [3.8, 4) is 0 Å². The van der Waals surface area contributed by atoms with E-state index in [-0.39, 0.29) is 36.1 Å². The molecule has 3 heterocycles. The third kappa shape index (κ3) is 3.98.